The number of hydrogen-bond acceptors (Lipinski definition) is 3. The average Bonchev–Trinajstić information content (AvgIpc) is 3.09. The van der Waals surface area contributed by atoms with E-state index in [1.54, 1.807) is 0 Å². The van der Waals surface area contributed by atoms with Crippen molar-refractivity contribution in [1.29, 1.82) is 0 Å². The molecule has 0 bridgehead atoms. The largest absolute Gasteiger partial charge is 0.370 e. The highest BCUT2D eigenvalue weighted by Crippen LogP contribution is 2.28. The summed E-state index contributed by atoms with van der Waals surface area (Å²) in [7, 11) is 0. The number of likely N-dealkylation sites (tertiary alicyclic amines) is 1. The van der Waals surface area contributed by atoms with Crippen molar-refractivity contribution in [3.05, 3.63) is 22.4 Å². The second kappa shape index (κ2) is 9.57. The van der Waals surface area contributed by atoms with Gasteiger partial charge in [0.1, 0.15) is 0 Å². The minimum absolute atomic E-state index is 0. The Labute approximate surface area is 142 Å². The second-order valence-corrected chi connectivity index (χ2v) is 5.91. The molecule has 0 amide bonds. The maximum absolute atomic E-state index is 5.88. The van der Waals surface area contributed by atoms with Crippen molar-refractivity contribution in [2.45, 2.75) is 32.2 Å². The van der Waals surface area contributed by atoms with Gasteiger partial charge in [-0.1, -0.05) is 13.0 Å². The first-order valence-electron chi connectivity index (χ1n) is 7.12. The van der Waals surface area contributed by atoms with Crippen molar-refractivity contribution in [3.63, 3.8) is 0 Å². The molecule has 1 aliphatic heterocycles. The van der Waals surface area contributed by atoms with Gasteiger partial charge in [0.2, 0.25) is 0 Å². The van der Waals surface area contributed by atoms with Gasteiger partial charge in [-0.15, -0.1) is 35.3 Å². The fourth-order valence-corrected chi connectivity index (χ4v) is 3.27. The lowest BCUT2D eigenvalue weighted by atomic mass is 10.2. The molecule has 1 unspecified atom stereocenters. The zero-order valence-electron chi connectivity index (χ0n) is 12.0. The number of hydrogen-bond donors (Lipinski definition) is 2. The maximum atomic E-state index is 5.88. The topological polar surface area (TPSA) is 53.6 Å². The Morgan fingerprint density at radius 2 is 2.25 bits per heavy atom. The number of nitrogens with zero attached hydrogens (tertiary/aromatic N) is 2. The highest BCUT2D eigenvalue weighted by atomic mass is 127. The van der Waals surface area contributed by atoms with Crippen molar-refractivity contribution >= 4 is 41.3 Å². The monoisotopic (exact) mass is 408 g/mol. The Morgan fingerprint density at radius 3 is 2.85 bits per heavy atom. The van der Waals surface area contributed by atoms with Crippen LogP contribution in [-0.4, -0.2) is 37.0 Å². The fraction of sp³-hybridized carbons (Fsp3) is 0.643. The molecular weight excluding hydrogens is 383 g/mol. The summed E-state index contributed by atoms with van der Waals surface area (Å²) in [6.45, 7) is 6.13. The van der Waals surface area contributed by atoms with Crippen LogP contribution in [0.15, 0.2) is 22.5 Å². The Hall–Kier alpha value is -0.340. The van der Waals surface area contributed by atoms with E-state index < -0.39 is 0 Å². The number of aliphatic imine (C=N–C) groups is 1. The molecule has 1 aliphatic rings. The van der Waals surface area contributed by atoms with Gasteiger partial charge >= 0.3 is 0 Å². The first-order valence-corrected chi connectivity index (χ1v) is 8.00. The van der Waals surface area contributed by atoms with E-state index in [1.165, 1.54) is 30.8 Å². The fourth-order valence-electron chi connectivity index (χ4n) is 2.41. The molecule has 0 radical (unpaired) electrons. The molecule has 1 fully saturated rings. The van der Waals surface area contributed by atoms with Crippen LogP contribution >= 0.6 is 35.3 Å². The van der Waals surface area contributed by atoms with Crippen LogP contribution < -0.4 is 11.1 Å². The molecule has 4 nitrogen and oxygen atoms in total. The Bertz CT molecular complexity index is 388. The van der Waals surface area contributed by atoms with E-state index in [9.17, 15) is 0 Å². The molecule has 1 aromatic rings. The third-order valence-electron chi connectivity index (χ3n) is 3.44. The van der Waals surface area contributed by atoms with Crippen molar-refractivity contribution < 1.29 is 0 Å². The smallest absolute Gasteiger partial charge is 0.188 e. The van der Waals surface area contributed by atoms with E-state index >= 15 is 0 Å². The van der Waals surface area contributed by atoms with Crippen LogP contribution in [0, 0.1) is 0 Å². The van der Waals surface area contributed by atoms with Crippen LogP contribution in [0.4, 0.5) is 0 Å². The third-order valence-corrected chi connectivity index (χ3v) is 4.42. The minimum atomic E-state index is 0. The molecular formula is C14H25IN4S. The Kier molecular flexibility index (Phi) is 8.47. The number of rotatable bonds is 6. The molecule has 0 aromatic carbocycles. The Balaban J connectivity index is 0.00000200. The summed E-state index contributed by atoms with van der Waals surface area (Å²) in [5.41, 5.74) is 5.88. The quantitative estimate of drug-likeness (QED) is 0.433. The van der Waals surface area contributed by atoms with E-state index in [0.29, 0.717) is 12.0 Å². The molecule has 0 spiro atoms. The second-order valence-electron chi connectivity index (χ2n) is 4.93. The van der Waals surface area contributed by atoms with Crippen molar-refractivity contribution in [2.75, 3.05) is 26.2 Å². The van der Waals surface area contributed by atoms with E-state index in [2.05, 4.69) is 39.6 Å². The van der Waals surface area contributed by atoms with Crippen molar-refractivity contribution in [1.82, 2.24) is 10.2 Å². The molecule has 0 aliphatic carbocycles. The van der Waals surface area contributed by atoms with Crippen molar-refractivity contribution in [2.24, 2.45) is 10.7 Å². The van der Waals surface area contributed by atoms with E-state index in [4.69, 9.17) is 5.73 Å². The standard InChI is InChI=1S/C14H24N4S.HI/c1-2-7-16-14(15)17-11-12(13-6-5-10-19-13)18-8-3-4-9-18;/h5-6,10,12H,2-4,7-9,11H2,1H3,(H3,15,16,17);1H. The number of nitrogens with two attached hydrogens (primary N) is 1. The number of halogens is 1. The number of nitrogens with one attached hydrogen (secondary N) is 1. The first-order chi connectivity index (χ1) is 9.31. The van der Waals surface area contributed by atoms with Crippen LogP contribution in [0.5, 0.6) is 0 Å². The lowest BCUT2D eigenvalue weighted by Crippen LogP contribution is -2.34. The molecule has 2 rings (SSSR count). The summed E-state index contributed by atoms with van der Waals surface area (Å²) >= 11 is 1.82. The first kappa shape index (κ1) is 17.7. The van der Waals surface area contributed by atoms with Crippen LogP contribution in [0.2, 0.25) is 0 Å². The summed E-state index contributed by atoms with van der Waals surface area (Å²) < 4.78 is 0. The van der Waals surface area contributed by atoms with Gasteiger partial charge < -0.3 is 11.1 Å². The normalized spacial score (nSPS) is 17.8. The van der Waals surface area contributed by atoms with Gasteiger partial charge in [0.15, 0.2) is 5.96 Å². The van der Waals surface area contributed by atoms with Gasteiger partial charge in [-0.05, 0) is 43.8 Å². The van der Waals surface area contributed by atoms with Crippen LogP contribution in [0.25, 0.3) is 0 Å². The molecule has 1 aromatic heterocycles. The molecule has 0 saturated carbocycles. The van der Waals surface area contributed by atoms with Gasteiger partial charge in [-0.3, -0.25) is 9.89 Å². The molecule has 6 heteroatoms. The highest BCUT2D eigenvalue weighted by Gasteiger charge is 2.23. The van der Waals surface area contributed by atoms with Gasteiger partial charge in [-0.2, -0.15) is 0 Å². The molecule has 1 atom stereocenters. The summed E-state index contributed by atoms with van der Waals surface area (Å²) in [6, 6.07) is 4.72. The number of thiophene rings is 1. The summed E-state index contributed by atoms with van der Waals surface area (Å²) in [6.07, 6.45) is 3.67. The van der Waals surface area contributed by atoms with E-state index in [1.807, 2.05) is 11.3 Å². The summed E-state index contributed by atoms with van der Waals surface area (Å²) in [5, 5.41) is 5.28. The van der Waals surface area contributed by atoms with Crippen molar-refractivity contribution in [3.8, 4) is 0 Å². The number of guanidine groups is 1. The molecule has 1 saturated heterocycles. The SMILES string of the molecule is CCCNC(N)=NCC(c1cccs1)N1CCCC1.I. The van der Waals surface area contributed by atoms with E-state index in [0.717, 1.165) is 19.5 Å². The van der Waals surface area contributed by atoms with Gasteiger partial charge in [-0.25, -0.2) is 0 Å². The van der Waals surface area contributed by atoms with Crippen LogP contribution in [0.1, 0.15) is 37.1 Å². The Morgan fingerprint density at radius 1 is 1.50 bits per heavy atom. The molecule has 2 heterocycles. The molecule has 3 N–H and O–H groups in total. The van der Waals surface area contributed by atoms with Gasteiger partial charge in [0, 0.05) is 11.4 Å². The average molecular weight is 408 g/mol. The summed E-state index contributed by atoms with van der Waals surface area (Å²) in [4.78, 5) is 8.44. The van der Waals surface area contributed by atoms with Gasteiger partial charge in [0.25, 0.3) is 0 Å². The third kappa shape index (κ3) is 5.21. The predicted octanol–water partition coefficient (Wildman–Crippen LogP) is 2.82. The highest BCUT2D eigenvalue weighted by molar-refractivity contribution is 14.0. The van der Waals surface area contributed by atoms with Crippen LogP contribution in [-0.2, 0) is 0 Å². The van der Waals surface area contributed by atoms with Gasteiger partial charge in [0.05, 0.1) is 12.6 Å². The predicted molar refractivity (Wildman–Crippen MR) is 98.1 cm³/mol. The summed E-state index contributed by atoms with van der Waals surface area (Å²) in [5.74, 6) is 0.572. The molecule has 20 heavy (non-hydrogen) atoms. The van der Waals surface area contributed by atoms with Crippen LogP contribution in [0.3, 0.4) is 0 Å². The lowest BCUT2D eigenvalue weighted by Gasteiger charge is -2.25. The molecule has 114 valence electrons. The minimum Gasteiger partial charge on any atom is -0.370 e. The zero-order chi connectivity index (χ0) is 13.5. The zero-order valence-corrected chi connectivity index (χ0v) is 15.2. The van der Waals surface area contributed by atoms with E-state index in [-0.39, 0.29) is 24.0 Å². The lowest BCUT2D eigenvalue weighted by molar-refractivity contribution is 0.255. The maximum Gasteiger partial charge on any atom is 0.188 e.